The quantitative estimate of drug-likeness (QED) is 0.840. The number of aliphatic hydroxyl groups is 1. The topological polar surface area (TPSA) is 58.0 Å². The smallest absolute Gasteiger partial charge is 0.263 e. The number of fused-ring (bicyclic) bond motifs is 1. The van der Waals surface area contributed by atoms with Crippen molar-refractivity contribution in [3.63, 3.8) is 0 Å². The van der Waals surface area contributed by atoms with Gasteiger partial charge in [0.25, 0.3) is 5.56 Å². The zero-order valence-corrected chi connectivity index (χ0v) is 11.4. The van der Waals surface area contributed by atoms with Gasteiger partial charge in [0.2, 0.25) is 0 Å². The Morgan fingerprint density at radius 1 is 1.47 bits per heavy atom. The predicted molar refractivity (Wildman–Crippen MR) is 72.4 cm³/mol. The van der Waals surface area contributed by atoms with E-state index in [0.717, 1.165) is 20.7 Å². The van der Waals surface area contributed by atoms with E-state index < -0.39 is 0 Å². The average molecular weight is 270 g/mol. The zero-order chi connectivity index (χ0) is 12.6. The molecule has 2 heterocycles. The molecule has 0 aromatic carbocycles. The van der Waals surface area contributed by atoms with Gasteiger partial charge >= 0.3 is 0 Å². The van der Waals surface area contributed by atoms with Crippen molar-refractivity contribution >= 4 is 33.8 Å². The van der Waals surface area contributed by atoms with Gasteiger partial charge in [-0.25, -0.2) is 0 Å². The molecule has 6 heteroatoms. The second-order valence-electron chi connectivity index (χ2n) is 3.95. The molecular formula is C11H14N2O2S2. The molecule has 4 nitrogen and oxygen atoms in total. The Kier molecular flexibility index (Phi) is 3.46. The minimum absolute atomic E-state index is 0.0564. The van der Waals surface area contributed by atoms with Crippen molar-refractivity contribution in [2.45, 2.75) is 26.8 Å². The maximum absolute atomic E-state index is 12.3. The van der Waals surface area contributed by atoms with Gasteiger partial charge < -0.3 is 10.1 Å². The molecule has 0 spiro atoms. The van der Waals surface area contributed by atoms with Crippen molar-refractivity contribution in [3.8, 4) is 0 Å². The number of hydrogen-bond acceptors (Lipinski definition) is 4. The first-order valence-electron chi connectivity index (χ1n) is 5.40. The molecule has 0 unspecified atom stereocenters. The number of aromatic nitrogens is 2. The molecule has 17 heavy (non-hydrogen) atoms. The van der Waals surface area contributed by atoms with Gasteiger partial charge in [0.15, 0.2) is 4.77 Å². The van der Waals surface area contributed by atoms with Crippen LogP contribution in [0.2, 0.25) is 0 Å². The third-order valence-electron chi connectivity index (χ3n) is 2.85. The molecule has 2 aromatic rings. The molecular weight excluding hydrogens is 256 g/mol. The Hall–Kier alpha value is -0.980. The van der Waals surface area contributed by atoms with Crippen LogP contribution < -0.4 is 5.56 Å². The maximum atomic E-state index is 12.3. The number of thiophene rings is 1. The van der Waals surface area contributed by atoms with E-state index in [1.54, 1.807) is 11.3 Å². The van der Waals surface area contributed by atoms with Crippen molar-refractivity contribution < 1.29 is 5.11 Å². The summed E-state index contributed by atoms with van der Waals surface area (Å²) in [7, 11) is 0. The van der Waals surface area contributed by atoms with Crippen LogP contribution in [0.1, 0.15) is 16.9 Å². The van der Waals surface area contributed by atoms with Gasteiger partial charge in [0.1, 0.15) is 4.83 Å². The van der Waals surface area contributed by atoms with Crippen LogP contribution in [0.5, 0.6) is 0 Å². The Labute approximate surface area is 108 Å². The lowest BCUT2D eigenvalue weighted by Gasteiger charge is -2.05. The van der Waals surface area contributed by atoms with E-state index in [0.29, 0.717) is 17.7 Å². The molecule has 2 N–H and O–H groups in total. The van der Waals surface area contributed by atoms with Crippen LogP contribution >= 0.6 is 23.6 Å². The fraction of sp³-hybridized carbons (Fsp3) is 0.455. The van der Waals surface area contributed by atoms with Crippen LogP contribution in [0.25, 0.3) is 10.2 Å². The molecule has 2 rings (SSSR count). The Bertz CT molecular complexity index is 666. The van der Waals surface area contributed by atoms with Crippen LogP contribution in [-0.4, -0.2) is 21.3 Å². The second-order valence-corrected chi connectivity index (χ2v) is 5.56. The second kappa shape index (κ2) is 4.72. The van der Waals surface area contributed by atoms with Crippen molar-refractivity contribution in [1.29, 1.82) is 0 Å². The van der Waals surface area contributed by atoms with E-state index in [-0.39, 0.29) is 12.2 Å². The number of rotatable bonds is 3. The standard InChI is InChI=1S/C11H14N2O2S2/c1-6-7(2)17-9-8(6)10(15)13(4-3-5-14)11(16)12-9/h14H,3-5H2,1-2H3,(H,12,16). The number of aromatic amines is 1. The Balaban J connectivity index is 2.74. The van der Waals surface area contributed by atoms with E-state index in [2.05, 4.69) is 4.98 Å². The first kappa shape index (κ1) is 12.5. The highest BCUT2D eigenvalue weighted by Gasteiger charge is 2.12. The summed E-state index contributed by atoms with van der Waals surface area (Å²) >= 11 is 6.72. The predicted octanol–water partition coefficient (Wildman–Crippen LogP) is 2.12. The van der Waals surface area contributed by atoms with Crippen LogP contribution in [0.15, 0.2) is 4.79 Å². The minimum Gasteiger partial charge on any atom is -0.396 e. The molecule has 0 radical (unpaired) electrons. The molecule has 92 valence electrons. The van der Waals surface area contributed by atoms with Crippen LogP contribution in [0, 0.1) is 18.6 Å². The highest BCUT2D eigenvalue weighted by Crippen LogP contribution is 2.25. The van der Waals surface area contributed by atoms with Crippen LogP contribution in [0.4, 0.5) is 0 Å². The molecule has 0 atom stereocenters. The summed E-state index contributed by atoms with van der Waals surface area (Å²) in [5.74, 6) is 0. The highest BCUT2D eigenvalue weighted by molar-refractivity contribution is 7.71. The minimum atomic E-state index is -0.0564. The van der Waals surface area contributed by atoms with Gasteiger partial charge in [-0.1, -0.05) is 0 Å². The summed E-state index contributed by atoms with van der Waals surface area (Å²) in [6.07, 6.45) is 0.533. The molecule has 0 saturated heterocycles. The number of aryl methyl sites for hydroxylation is 2. The lowest BCUT2D eigenvalue weighted by molar-refractivity contribution is 0.278. The third kappa shape index (κ3) is 2.08. The van der Waals surface area contributed by atoms with Gasteiger partial charge in [-0.15, -0.1) is 11.3 Å². The first-order chi connectivity index (χ1) is 8.06. The molecule has 0 bridgehead atoms. The van der Waals surface area contributed by atoms with Gasteiger partial charge in [-0.2, -0.15) is 0 Å². The summed E-state index contributed by atoms with van der Waals surface area (Å²) in [5, 5.41) is 9.55. The SMILES string of the molecule is Cc1sc2[nH]c(=S)n(CCCO)c(=O)c2c1C. The molecule has 0 aliphatic heterocycles. The van der Waals surface area contributed by atoms with Crippen molar-refractivity contribution in [2.24, 2.45) is 0 Å². The fourth-order valence-electron chi connectivity index (χ4n) is 1.80. The summed E-state index contributed by atoms with van der Waals surface area (Å²) in [6.45, 7) is 4.45. The largest absolute Gasteiger partial charge is 0.396 e. The monoisotopic (exact) mass is 270 g/mol. The van der Waals surface area contributed by atoms with Gasteiger partial charge in [-0.3, -0.25) is 9.36 Å². The molecule has 0 aliphatic carbocycles. The highest BCUT2D eigenvalue weighted by atomic mass is 32.1. The van der Waals surface area contributed by atoms with E-state index >= 15 is 0 Å². The maximum Gasteiger partial charge on any atom is 0.263 e. The fourth-order valence-corrected chi connectivity index (χ4v) is 3.19. The number of nitrogens with one attached hydrogen (secondary N) is 1. The molecule has 0 fully saturated rings. The van der Waals surface area contributed by atoms with E-state index in [1.807, 2.05) is 13.8 Å². The average Bonchev–Trinajstić information content (AvgIpc) is 2.54. The third-order valence-corrected chi connectivity index (χ3v) is 4.29. The summed E-state index contributed by atoms with van der Waals surface area (Å²) in [6, 6.07) is 0. The van der Waals surface area contributed by atoms with Crippen molar-refractivity contribution in [3.05, 3.63) is 25.6 Å². The normalized spacial score (nSPS) is 11.2. The lowest BCUT2D eigenvalue weighted by Crippen LogP contribution is -2.22. The van der Waals surface area contributed by atoms with E-state index in [9.17, 15) is 4.79 Å². The summed E-state index contributed by atoms with van der Waals surface area (Å²) in [4.78, 5) is 17.3. The lowest BCUT2D eigenvalue weighted by atomic mass is 10.2. The van der Waals surface area contributed by atoms with E-state index in [1.165, 1.54) is 4.57 Å². The summed E-state index contributed by atoms with van der Waals surface area (Å²) in [5.41, 5.74) is 0.957. The number of nitrogens with zero attached hydrogens (tertiary/aromatic N) is 1. The van der Waals surface area contributed by atoms with Crippen LogP contribution in [-0.2, 0) is 6.54 Å². The van der Waals surface area contributed by atoms with Gasteiger partial charge in [-0.05, 0) is 38.0 Å². The number of hydrogen-bond donors (Lipinski definition) is 2. The molecule has 2 aromatic heterocycles. The van der Waals surface area contributed by atoms with Gasteiger partial charge in [0, 0.05) is 18.0 Å². The Morgan fingerprint density at radius 3 is 2.82 bits per heavy atom. The first-order valence-corrected chi connectivity index (χ1v) is 6.62. The van der Waals surface area contributed by atoms with Crippen LogP contribution in [0.3, 0.4) is 0 Å². The summed E-state index contributed by atoms with van der Waals surface area (Å²) < 4.78 is 1.95. The molecule has 0 saturated carbocycles. The molecule has 0 aliphatic rings. The van der Waals surface area contributed by atoms with Crippen molar-refractivity contribution in [1.82, 2.24) is 9.55 Å². The zero-order valence-electron chi connectivity index (χ0n) is 9.74. The molecule has 0 amide bonds. The number of aliphatic hydroxyl groups excluding tert-OH is 1. The van der Waals surface area contributed by atoms with Crippen molar-refractivity contribution in [2.75, 3.05) is 6.61 Å². The van der Waals surface area contributed by atoms with E-state index in [4.69, 9.17) is 17.3 Å². The number of H-pyrrole nitrogens is 1. The van der Waals surface area contributed by atoms with Gasteiger partial charge in [0.05, 0.1) is 5.39 Å². The Morgan fingerprint density at radius 2 is 2.18 bits per heavy atom.